The number of nitrogens with one attached hydrogen (secondary N) is 1. The van der Waals surface area contributed by atoms with Crippen molar-refractivity contribution < 1.29 is 13.2 Å². The van der Waals surface area contributed by atoms with Crippen LogP contribution in [0.3, 0.4) is 0 Å². The van der Waals surface area contributed by atoms with Crippen molar-refractivity contribution >= 4 is 24.8 Å². The van der Waals surface area contributed by atoms with Gasteiger partial charge in [-0.2, -0.15) is 0 Å². The zero-order chi connectivity index (χ0) is 13.8. The summed E-state index contributed by atoms with van der Waals surface area (Å²) in [6.45, 7) is 5.16. The molecule has 1 atom stereocenters. The van der Waals surface area contributed by atoms with Gasteiger partial charge in [-0.3, -0.25) is 4.90 Å². The minimum absolute atomic E-state index is 0. The summed E-state index contributed by atoms with van der Waals surface area (Å²) in [5, 5.41) is 3.22. The predicted molar refractivity (Wildman–Crippen MR) is 82.9 cm³/mol. The van der Waals surface area contributed by atoms with Crippen molar-refractivity contribution in [1.29, 1.82) is 0 Å². The molecular weight excluding hydrogens is 324 g/mol. The second kappa shape index (κ2) is 9.51. The summed E-state index contributed by atoms with van der Waals surface area (Å²) in [6, 6.07) is 1.47. The molecule has 0 unspecified atom stereocenters. The van der Waals surface area contributed by atoms with Crippen LogP contribution in [0, 0.1) is 17.5 Å². The van der Waals surface area contributed by atoms with Gasteiger partial charge in [0.1, 0.15) is 5.82 Å². The molecule has 1 aromatic carbocycles. The van der Waals surface area contributed by atoms with Gasteiger partial charge in [-0.05, 0) is 12.5 Å². The number of hydrogen-bond donors (Lipinski definition) is 1. The lowest BCUT2D eigenvalue weighted by Crippen LogP contribution is -2.45. The Morgan fingerprint density at radius 1 is 1.14 bits per heavy atom. The van der Waals surface area contributed by atoms with Gasteiger partial charge >= 0.3 is 0 Å². The van der Waals surface area contributed by atoms with Crippen LogP contribution < -0.4 is 5.32 Å². The van der Waals surface area contributed by atoms with Crippen molar-refractivity contribution in [3.8, 4) is 0 Å². The SMILES string of the molecule is CCC[C@@H](c1cc(F)cc(F)c1F)N1CCNCC1.Cl.Cl. The third kappa shape index (κ3) is 5.02. The highest BCUT2D eigenvalue weighted by Gasteiger charge is 2.26. The minimum atomic E-state index is -1.11. The third-order valence-corrected chi connectivity index (χ3v) is 3.53. The van der Waals surface area contributed by atoms with Crippen molar-refractivity contribution in [3.63, 3.8) is 0 Å². The summed E-state index contributed by atoms with van der Waals surface area (Å²) in [6.07, 6.45) is 1.53. The molecule has 7 heteroatoms. The van der Waals surface area contributed by atoms with E-state index in [9.17, 15) is 13.2 Å². The molecule has 0 saturated carbocycles. The Bertz CT molecular complexity index is 440. The molecular formula is C14H21Cl2F3N2. The standard InChI is InChI=1S/C14H19F3N2.2ClH/c1-2-3-13(19-6-4-18-5-7-19)11-8-10(15)9-12(16)14(11)17;;/h8-9,13,18H,2-7H2,1H3;2*1H/t13-;;/m0../s1. The molecule has 0 aliphatic carbocycles. The lowest BCUT2D eigenvalue weighted by atomic mass is 9.99. The Kier molecular flexibility index (Phi) is 9.29. The molecule has 1 aliphatic heterocycles. The molecule has 2 rings (SSSR count). The fourth-order valence-corrected chi connectivity index (χ4v) is 2.62. The Morgan fingerprint density at radius 2 is 1.76 bits per heavy atom. The normalized spacial score (nSPS) is 16.8. The van der Waals surface area contributed by atoms with Crippen LogP contribution in [0.5, 0.6) is 0 Å². The summed E-state index contributed by atoms with van der Waals surface area (Å²) in [5.74, 6) is -2.74. The molecule has 0 radical (unpaired) electrons. The number of benzene rings is 1. The fourth-order valence-electron chi connectivity index (χ4n) is 2.62. The first-order valence-electron chi connectivity index (χ1n) is 6.72. The van der Waals surface area contributed by atoms with E-state index in [-0.39, 0.29) is 36.4 Å². The van der Waals surface area contributed by atoms with Gasteiger partial charge < -0.3 is 5.32 Å². The van der Waals surface area contributed by atoms with E-state index in [0.29, 0.717) is 12.5 Å². The maximum Gasteiger partial charge on any atom is 0.163 e. The first-order chi connectivity index (χ1) is 9.13. The molecule has 0 amide bonds. The highest BCUT2D eigenvalue weighted by atomic mass is 35.5. The average Bonchev–Trinajstić information content (AvgIpc) is 2.41. The number of nitrogens with zero attached hydrogens (tertiary/aromatic N) is 1. The van der Waals surface area contributed by atoms with Gasteiger partial charge in [-0.25, -0.2) is 13.2 Å². The van der Waals surface area contributed by atoms with Crippen LogP contribution in [0.25, 0.3) is 0 Å². The van der Waals surface area contributed by atoms with Crippen LogP contribution in [0.2, 0.25) is 0 Å². The minimum Gasteiger partial charge on any atom is -0.314 e. The molecule has 0 spiro atoms. The smallest absolute Gasteiger partial charge is 0.163 e. The molecule has 1 saturated heterocycles. The Labute approximate surface area is 135 Å². The summed E-state index contributed by atoms with van der Waals surface area (Å²) in [5.41, 5.74) is 0.140. The Morgan fingerprint density at radius 3 is 2.33 bits per heavy atom. The Balaban J connectivity index is 0.00000200. The van der Waals surface area contributed by atoms with Crippen LogP contribution in [-0.4, -0.2) is 31.1 Å². The molecule has 1 N–H and O–H groups in total. The van der Waals surface area contributed by atoms with E-state index in [0.717, 1.165) is 38.7 Å². The number of halogens is 5. The van der Waals surface area contributed by atoms with Gasteiger partial charge in [0, 0.05) is 43.9 Å². The zero-order valence-electron chi connectivity index (χ0n) is 11.9. The second-order valence-electron chi connectivity index (χ2n) is 4.88. The summed E-state index contributed by atoms with van der Waals surface area (Å²) < 4.78 is 40.6. The lowest BCUT2D eigenvalue weighted by Gasteiger charge is -2.35. The van der Waals surface area contributed by atoms with E-state index >= 15 is 0 Å². The summed E-state index contributed by atoms with van der Waals surface area (Å²) >= 11 is 0. The van der Waals surface area contributed by atoms with E-state index in [1.807, 2.05) is 6.92 Å². The van der Waals surface area contributed by atoms with Gasteiger partial charge in [0.15, 0.2) is 11.6 Å². The largest absolute Gasteiger partial charge is 0.314 e. The molecule has 2 nitrogen and oxygen atoms in total. The van der Waals surface area contributed by atoms with Gasteiger partial charge in [0.2, 0.25) is 0 Å². The molecule has 122 valence electrons. The van der Waals surface area contributed by atoms with Crippen LogP contribution in [0.1, 0.15) is 31.4 Å². The highest BCUT2D eigenvalue weighted by Crippen LogP contribution is 2.29. The van der Waals surface area contributed by atoms with E-state index in [4.69, 9.17) is 0 Å². The van der Waals surface area contributed by atoms with Crippen LogP contribution in [0.15, 0.2) is 12.1 Å². The number of hydrogen-bond acceptors (Lipinski definition) is 2. The lowest BCUT2D eigenvalue weighted by molar-refractivity contribution is 0.160. The van der Waals surface area contributed by atoms with Crippen molar-refractivity contribution in [2.45, 2.75) is 25.8 Å². The predicted octanol–water partition coefficient (Wildman–Crippen LogP) is 3.69. The summed E-state index contributed by atoms with van der Waals surface area (Å²) in [7, 11) is 0. The third-order valence-electron chi connectivity index (χ3n) is 3.53. The second-order valence-corrected chi connectivity index (χ2v) is 4.88. The molecule has 0 aromatic heterocycles. The monoisotopic (exact) mass is 344 g/mol. The number of piperazine rings is 1. The Hall–Kier alpha value is -0.490. The van der Waals surface area contributed by atoms with E-state index < -0.39 is 17.5 Å². The zero-order valence-corrected chi connectivity index (χ0v) is 13.5. The van der Waals surface area contributed by atoms with E-state index in [1.165, 1.54) is 0 Å². The van der Waals surface area contributed by atoms with E-state index in [1.54, 1.807) is 0 Å². The molecule has 1 heterocycles. The first kappa shape index (κ1) is 20.5. The molecule has 0 bridgehead atoms. The molecule has 1 aromatic rings. The van der Waals surface area contributed by atoms with Crippen molar-refractivity contribution in [1.82, 2.24) is 10.2 Å². The number of rotatable bonds is 4. The molecule has 1 fully saturated rings. The van der Waals surface area contributed by atoms with Crippen LogP contribution in [-0.2, 0) is 0 Å². The fraction of sp³-hybridized carbons (Fsp3) is 0.571. The van der Waals surface area contributed by atoms with Crippen molar-refractivity contribution in [2.24, 2.45) is 0 Å². The van der Waals surface area contributed by atoms with Crippen molar-refractivity contribution in [3.05, 3.63) is 35.1 Å². The van der Waals surface area contributed by atoms with Crippen molar-refractivity contribution in [2.75, 3.05) is 26.2 Å². The topological polar surface area (TPSA) is 15.3 Å². The van der Waals surface area contributed by atoms with Gasteiger partial charge in [0.25, 0.3) is 0 Å². The quantitative estimate of drug-likeness (QED) is 0.838. The highest BCUT2D eigenvalue weighted by molar-refractivity contribution is 5.85. The van der Waals surface area contributed by atoms with Gasteiger partial charge in [0.05, 0.1) is 0 Å². The van der Waals surface area contributed by atoms with Crippen LogP contribution >= 0.6 is 24.8 Å². The average molecular weight is 345 g/mol. The van der Waals surface area contributed by atoms with Gasteiger partial charge in [-0.1, -0.05) is 13.3 Å². The molecule has 1 aliphatic rings. The maximum absolute atomic E-state index is 13.9. The summed E-state index contributed by atoms with van der Waals surface area (Å²) in [4.78, 5) is 2.09. The van der Waals surface area contributed by atoms with Gasteiger partial charge in [-0.15, -0.1) is 24.8 Å². The first-order valence-corrected chi connectivity index (χ1v) is 6.72. The maximum atomic E-state index is 13.9. The molecule has 21 heavy (non-hydrogen) atoms. The van der Waals surface area contributed by atoms with E-state index in [2.05, 4.69) is 10.2 Å². The van der Waals surface area contributed by atoms with Crippen LogP contribution in [0.4, 0.5) is 13.2 Å².